The number of amides is 1. The SMILES string of the molecule is COC(=O)/C=C/c1ccc(CNC(=O)OCCC23CC4CC(CC(C4)C2)C3)cc1. The van der Waals surface area contributed by atoms with Crippen molar-refractivity contribution in [2.45, 2.75) is 51.5 Å². The van der Waals surface area contributed by atoms with Crippen LogP contribution in [0, 0.1) is 23.2 Å². The van der Waals surface area contributed by atoms with Crippen LogP contribution in [0.3, 0.4) is 0 Å². The molecule has 0 saturated heterocycles. The predicted octanol–water partition coefficient (Wildman–Crippen LogP) is 4.71. The third-order valence-electron chi connectivity index (χ3n) is 7.06. The highest BCUT2D eigenvalue weighted by molar-refractivity contribution is 5.86. The number of esters is 1. The van der Waals surface area contributed by atoms with Crippen LogP contribution in [0.2, 0.25) is 0 Å². The Morgan fingerprint density at radius 2 is 1.69 bits per heavy atom. The zero-order valence-corrected chi connectivity index (χ0v) is 17.2. The summed E-state index contributed by atoms with van der Waals surface area (Å²) in [4.78, 5) is 23.2. The molecule has 29 heavy (non-hydrogen) atoms. The van der Waals surface area contributed by atoms with Crippen molar-refractivity contribution < 1.29 is 19.1 Å². The first-order valence-electron chi connectivity index (χ1n) is 10.8. The molecule has 1 aromatic rings. The third-order valence-corrected chi connectivity index (χ3v) is 7.06. The second-order valence-corrected chi connectivity index (χ2v) is 9.26. The monoisotopic (exact) mass is 397 g/mol. The minimum absolute atomic E-state index is 0.343. The molecule has 0 radical (unpaired) electrons. The molecule has 1 aromatic carbocycles. The molecule has 5 rings (SSSR count). The van der Waals surface area contributed by atoms with Gasteiger partial charge in [0.25, 0.3) is 0 Å². The number of carbonyl (C=O) groups is 2. The quantitative estimate of drug-likeness (QED) is 0.535. The van der Waals surface area contributed by atoms with E-state index in [1.165, 1.54) is 51.7 Å². The van der Waals surface area contributed by atoms with Crippen LogP contribution < -0.4 is 5.32 Å². The van der Waals surface area contributed by atoms with Gasteiger partial charge in [-0.25, -0.2) is 9.59 Å². The van der Waals surface area contributed by atoms with Gasteiger partial charge in [0.15, 0.2) is 0 Å². The minimum atomic E-state index is -0.382. The van der Waals surface area contributed by atoms with Crippen molar-refractivity contribution in [3.63, 3.8) is 0 Å². The summed E-state index contributed by atoms with van der Waals surface area (Å²) < 4.78 is 10.1. The Hall–Kier alpha value is -2.30. The molecule has 1 N–H and O–H groups in total. The molecule has 0 aliphatic heterocycles. The van der Waals surface area contributed by atoms with E-state index in [1.807, 2.05) is 24.3 Å². The molecule has 0 spiro atoms. The van der Waals surface area contributed by atoms with E-state index in [0.717, 1.165) is 35.3 Å². The highest BCUT2D eigenvalue weighted by Gasteiger charge is 2.50. The van der Waals surface area contributed by atoms with E-state index < -0.39 is 0 Å². The summed E-state index contributed by atoms with van der Waals surface area (Å²) in [7, 11) is 1.35. The van der Waals surface area contributed by atoms with E-state index in [-0.39, 0.29) is 12.1 Å². The van der Waals surface area contributed by atoms with Crippen LogP contribution in [0.1, 0.15) is 56.1 Å². The number of benzene rings is 1. The molecule has 0 heterocycles. The first-order valence-corrected chi connectivity index (χ1v) is 10.8. The van der Waals surface area contributed by atoms with Gasteiger partial charge in [-0.15, -0.1) is 0 Å². The Kier molecular flexibility index (Phi) is 5.93. The van der Waals surface area contributed by atoms with Crippen LogP contribution >= 0.6 is 0 Å². The van der Waals surface area contributed by atoms with Crippen molar-refractivity contribution >= 4 is 18.1 Å². The lowest BCUT2D eigenvalue weighted by Crippen LogP contribution is -2.46. The molecule has 5 nitrogen and oxygen atoms in total. The Balaban J connectivity index is 1.18. The van der Waals surface area contributed by atoms with Crippen molar-refractivity contribution in [1.29, 1.82) is 0 Å². The van der Waals surface area contributed by atoms with Gasteiger partial charge in [-0.3, -0.25) is 0 Å². The van der Waals surface area contributed by atoms with E-state index in [2.05, 4.69) is 10.1 Å². The van der Waals surface area contributed by atoms with Crippen molar-refractivity contribution in [3.8, 4) is 0 Å². The molecule has 4 fully saturated rings. The van der Waals surface area contributed by atoms with Crippen LogP contribution in [0.5, 0.6) is 0 Å². The maximum Gasteiger partial charge on any atom is 0.407 e. The lowest BCUT2D eigenvalue weighted by atomic mass is 9.49. The molecule has 0 aromatic heterocycles. The molecule has 4 bridgehead atoms. The third kappa shape index (κ3) is 5.01. The fourth-order valence-corrected chi connectivity index (χ4v) is 6.16. The molecular formula is C24H31NO4. The van der Waals surface area contributed by atoms with Gasteiger partial charge in [0.05, 0.1) is 13.7 Å². The molecule has 156 valence electrons. The first-order chi connectivity index (χ1) is 14.0. The summed E-state index contributed by atoms with van der Waals surface area (Å²) in [5.74, 6) is 2.41. The average Bonchev–Trinajstić information content (AvgIpc) is 2.70. The van der Waals surface area contributed by atoms with Crippen LogP contribution in [-0.4, -0.2) is 25.8 Å². The number of nitrogens with one attached hydrogen (secondary N) is 1. The van der Waals surface area contributed by atoms with Crippen molar-refractivity contribution in [1.82, 2.24) is 5.32 Å². The van der Waals surface area contributed by atoms with Gasteiger partial charge < -0.3 is 14.8 Å². The summed E-state index contributed by atoms with van der Waals surface area (Å²) in [5, 5.41) is 2.83. The fraction of sp³-hybridized carbons (Fsp3) is 0.583. The molecular weight excluding hydrogens is 366 g/mol. The number of hydrogen-bond donors (Lipinski definition) is 1. The standard InChI is InChI=1S/C24H31NO4/c1-28-22(26)7-6-17-2-4-18(5-3-17)16-25-23(27)29-9-8-24-13-19-10-20(14-24)12-21(11-19)15-24/h2-7,19-21H,8-16H2,1H3,(H,25,27)/b7-6+. The van der Waals surface area contributed by atoms with Crippen LogP contribution in [0.25, 0.3) is 6.08 Å². The Bertz CT molecular complexity index is 732. The van der Waals surface area contributed by atoms with Crippen LogP contribution in [-0.2, 0) is 20.8 Å². The second-order valence-electron chi connectivity index (χ2n) is 9.26. The van der Waals surface area contributed by atoms with E-state index in [1.54, 1.807) is 6.08 Å². The average molecular weight is 398 g/mol. The largest absolute Gasteiger partial charge is 0.466 e. The predicted molar refractivity (Wildman–Crippen MR) is 111 cm³/mol. The van der Waals surface area contributed by atoms with Gasteiger partial charge in [-0.1, -0.05) is 24.3 Å². The fourth-order valence-electron chi connectivity index (χ4n) is 6.16. The van der Waals surface area contributed by atoms with Gasteiger partial charge in [-0.05, 0) is 85.3 Å². The Labute approximate surface area is 172 Å². The Morgan fingerprint density at radius 1 is 1.07 bits per heavy atom. The van der Waals surface area contributed by atoms with Gasteiger partial charge in [-0.2, -0.15) is 0 Å². The number of ether oxygens (including phenoxy) is 2. The molecule has 4 aliphatic rings. The topological polar surface area (TPSA) is 64.6 Å². The van der Waals surface area contributed by atoms with Crippen molar-refractivity contribution in [3.05, 3.63) is 41.5 Å². The van der Waals surface area contributed by atoms with E-state index in [4.69, 9.17) is 4.74 Å². The number of methoxy groups -OCH3 is 1. The number of rotatable bonds is 7. The summed E-state index contributed by atoms with van der Waals surface area (Å²) >= 11 is 0. The maximum atomic E-state index is 12.1. The smallest absolute Gasteiger partial charge is 0.407 e. The molecule has 5 heteroatoms. The summed E-state index contributed by atoms with van der Waals surface area (Å²) in [5.41, 5.74) is 2.33. The summed E-state index contributed by atoms with van der Waals surface area (Å²) in [6.45, 7) is 0.951. The first kappa shape index (κ1) is 20.0. The molecule has 0 atom stereocenters. The second kappa shape index (κ2) is 8.60. The van der Waals surface area contributed by atoms with Gasteiger partial charge in [0, 0.05) is 12.6 Å². The van der Waals surface area contributed by atoms with Gasteiger partial charge in [0.2, 0.25) is 0 Å². The van der Waals surface area contributed by atoms with E-state index in [9.17, 15) is 9.59 Å². The summed E-state index contributed by atoms with van der Waals surface area (Å²) in [6.07, 6.45) is 12.1. The zero-order chi connectivity index (χ0) is 20.3. The highest BCUT2D eigenvalue weighted by atomic mass is 16.5. The molecule has 4 aliphatic carbocycles. The lowest BCUT2D eigenvalue weighted by molar-refractivity contribution is -0.134. The van der Waals surface area contributed by atoms with Crippen molar-refractivity contribution in [2.24, 2.45) is 23.2 Å². The molecule has 1 amide bonds. The number of carbonyl (C=O) groups excluding carboxylic acids is 2. The maximum absolute atomic E-state index is 12.1. The highest BCUT2D eigenvalue weighted by Crippen LogP contribution is 2.61. The van der Waals surface area contributed by atoms with E-state index in [0.29, 0.717) is 18.6 Å². The molecule has 4 saturated carbocycles. The number of alkyl carbamates (subject to hydrolysis) is 1. The van der Waals surface area contributed by atoms with Crippen LogP contribution in [0.15, 0.2) is 30.3 Å². The molecule has 0 unspecified atom stereocenters. The summed E-state index contributed by atoms with van der Waals surface area (Å²) in [6, 6.07) is 7.64. The normalized spacial score (nSPS) is 29.8. The van der Waals surface area contributed by atoms with Gasteiger partial charge >= 0.3 is 12.1 Å². The lowest BCUT2D eigenvalue weighted by Gasteiger charge is -2.57. The van der Waals surface area contributed by atoms with Crippen molar-refractivity contribution in [2.75, 3.05) is 13.7 Å². The number of hydrogen-bond acceptors (Lipinski definition) is 4. The van der Waals surface area contributed by atoms with Crippen LogP contribution in [0.4, 0.5) is 4.79 Å². The Morgan fingerprint density at radius 3 is 2.28 bits per heavy atom. The zero-order valence-electron chi connectivity index (χ0n) is 17.2. The minimum Gasteiger partial charge on any atom is -0.466 e. The van der Waals surface area contributed by atoms with E-state index >= 15 is 0 Å². The van der Waals surface area contributed by atoms with Gasteiger partial charge in [0.1, 0.15) is 0 Å².